The van der Waals surface area contributed by atoms with Gasteiger partial charge in [0, 0.05) is 17.8 Å². The van der Waals surface area contributed by atoms with Crippen molar-refractivity contribution < 1.29 is 9.21 Å². The summed E-state index contributed by atoms with van der Waals surface area (Å²) in [6, 6.07) is 17.7. The number of hydrogen-bond donors (Lipinski definition) is 1. The molecule has 2 heterocycles. The molecule has 5 nitrogen and oxygen atoms in total. The van der Waals surface area contributed by atoms with E-state index in [2.05, 4.69) is 23.3 Å². The van der Waals surface area contributed by atoms with Crippen LogP contribution in [0.15, 0.2) is 76.6 Å². The van der Waals surface area contributed by atoms with Crippen LogP contribution in [0.3, 0.4) is 0 Å². The van der Waals surface area contributed by atoms with Crippen LogP contribution in [-0.2, 0) is 4.79 Å². The summed E-state index contributed by atoms with van der Waals surface area (Å²) < 4.78 is 7.84. The van der Waals surface area contributed by atoms with Gasteiger partial charge in [0.2, 0.25) is 5.91 Å². The van der Waals surface area contributed by atoms with Gasteiger partial charge in [0.05, 0.1) is 17.5 Å². The van der Waals surface area contributed by atoms with Crippen molar-refractivity contribution in [1.82, 2.24) is 14.9 Å². The van der Waals surface area contributed by atoms with Crippen molar-refractivity contribution in [3.63, 3.8) is 0 Å². The van der Waals surface area contributed by atoms with Crippen molar-refractivity contribution in [2.45, 2.75) is 25.0 Å². The Balaban J connectivity index is 1.40. The van der Waals surface area contributed by atoms with Gasteiger partial charge in [-0.2, -0.15) is 0 Å². The van der Waals surface area contributed by atoms with Gasteiger partial charge < -0.3 is 9.73 Å². The average Bonchev–Trinajstić information content (AvgIpc) is 3.33. The Kier molecular flexibility index (Phi) is 5.21. The number of nitrogens with zero attached hydrogens (tertiary/aromatic N) is 2. The Morgan fingerprint density at radius 2 is 2.00 bits per heavy atom. The molecule has 0 spiro atoms. The first-order chi connectivity index (χ1) is 13.6. The molecule has 1 atom stereocenters. The van der Waals surface area contributed by atoms with Gasteiger partial charge in [0.25, 0.3) is 0 Å². The molecule has 142 valence electrons. The summed E-state index contributed by atoms with van der Waals surface area (Å²) in [5.41, 5.74) is 3.05. The number of carbonyl (C=O) groups is 1. The number of thioether (sulfide) groups is 1. The summed E-state index contributed by atoms with van der Waals surface area (Å²) in [4.78, 5) is 16.8. The number of imidazole rings is 1. The fourth-order valence-electron chi connectivity index (χ4n) is 3.11. The zero-order chi connectivity index (χ0) is 19.5. The second-order valence-corrected chi connectivity index (χ2v) is 7.57. The van der Waals surface area contributed by atoms with E-state index in [9.17, 15) is 4.79 Å². The van der Waals surface area contributed by atoms with Crippen LogP contribution < -0.4 is 5.32 Å². The Hall–Kier alpha value is -2.99. The number of fused-ring (bicyclic) bond motifs is 1. The molecule has 4 rings (SSSR count). The molecule has 0 bridgehead atoms. The summed E-state index contributed by atoms with van der Waals surface area (Å²) in [5, 5.41) is 4.83. The lowest BCUT2D eigenvalue weighted by molar-refractivity contribution is -0.119. The first-order valence-electron chi connectivity index (χ1n) is 9.12. The van der Waals surface area contributed by atoms with E-state index in [4.69, 9.17) is 4.42 Å². The van der Waals surface area contributed by atoms with Crippen LogP contribution in [0.25, 0.3) is 16.7 Å². The molecule has 2 aromatic heterocycles. The number of hydrogen-bond acceptors (Lipinski definition) is 4. The molecule has 0 fully saturated rings. The monoisotopic (exact) mass is 391 g/mol. The van der Waals surface area contributed by atoms with E-state index in [1.807, 2.05) is 66.2 Å². The number of aryl methyl sites for hydroxylation is 1. The SMILES string of the molecule is Cc1ccccc1-n1ccnc1SCC(=O)NC(C)c1cc2ccccc2o1. The van der Waals surface area contributed by atoms with Crippen LogP contribution >= 0.6 is 11.8 Å². The van der Waals surface area contributed by atoms with E-state index in [1.165, 1.54) is 11.8 Å². The molecular weight excluding hydrogens is 370 g/mol. The summed E-state index contributed by atoms with van der Waals surface area (Å²) in [6.07, 6.45) is 3.67. The molecule has 0 aliphatic heterocycles. The van der Waals surface area contributed by atoms with Crippen molar-refractivity contribution in [2.24, 2.45) is 0 Å². The van der Waals surface area contributed by atoms with Gasteiger partial charge in [-0.1, -0.05) is 48.2 Å². The van der Waals surface area contributed by atoms with Crippen molar-refractivity contribution in [1.29, 1.82) is 0 Å². The number of nitrogens with one attached hydrogen (secondary N) is 1. The summed E-state index contributed by atoms with van der Waals surface area (Å²) in [6.45, 7) is 3.99. The number of benzene rings is 2. The largest absolute Gasteiger partial charge is 0.459 e. The first-order valence-corrected chi connectivity index (χ1v) is 10.1. The summed E-state index contributed by atoms with van der Waals surface area (Å²) >= 11 is 1.42. The molecule has 0 radical (unpaired) electrons. The van der Waals surface area contributed by atoms with E-state index in [1.54, 1.807) is 6.20 Å². The molecule has 0 saturated heterocycles. The van der Waals surface area contributed by atoms with E-state index in [-0.39, 0.29) is 17.7 Å². The van der Waals surface area contributed by atoms with E-state index < -0.39 is 0 Å². The van der Waals surface area contributed by atoms with Crippen LogP contribution in [0, 0.1) is 6.92 Å². The molecule has 28 heavy (non-hydrogen) atoms. The Bertz CT molecular complexity index is 1080. The van der Waals surface area contributed by atoms with E-state index in [0.29, 0.717) is 0 Å². The predicted molar refractivity (Wildman–Crippen MR) is 112 cm³/mol. The fourth-order valence-corrected chi connectivity index (χ4v) is 3.89. The Morgan fingerprint density at radius 3 is 2.82 bits per heavy atom. The van der Waals surface area contributed by atoms with Gasteiger partial charge in [0.15, 0.2) is 5.16 Å². The van der Waals surface area contributed by atoms with Gasteiger partial charge in [-0.3, -0.25) is 9.36 Å². The second-order valence-electron chi connectivity index (χ2n) is 6.63. The van der Waals surface area contributed by atoms with Gasteiger partial charge in [0.1, 0.15) is 11.3 Å². The first kappa shape index (κ1) is 18.4. The lowest BCUT2D eigenvalue weighted by Gasteiger charge is -2.12. The van der Waals surface area contributed by atoms with Crippen LogP contribution in [-0.4, -0.2) is 21.2 Å². The topological polar surface area (TPSA) is 60.1 Å². The van der Waals surface area contributed by atoms with Gasteiger partial charge in [-0.25, -0.2) is 4.98 Å². The maximum absolute atomic E-state index is 12.4. The van der Waals surface area contributed by atoms with Gasteiger partial charge in [-0.15, -0.1) is 0 Å². The maximum Gasteiger partial charge on any atom is 0.231 e. The third-order valence-electron chi connectivity index (χ3n) is 4.56. The van der Waals surface area contributed by atoms with Crippen LogP contribution in [0.5, 0.6) is 0 Å². The smallest absolute Gasteiger partial charge is 0.231 e. The molecule has 0 aliphatic carbocycles. The quantitative estimate of drug-likeness (QED) is 0.475. The van der Waals surface area contributed by atoms with E-state index >= 15 is 0 Å². The Labute approximate surface area is 167 Å². The van der Waals surface area contributed by atoms with Crippen LogP contribution in [0.4, 0.5) is 0 Å². The third-order valence-corrected chi connectivity index (χ3v) is 5.53. The zero-order valence-electron chi connectivity index (χ0n) is 15.8. The predicted octanol–water partition coefficient (Wildman–Crippen LogP) is 4.90. The second kappa shape index (κ2) is 7.94. The molecule has 6 heteroatoms. The van der Waals surface area contributed by atoms with Crippen molar-refractivity contribution >= 4 is 28.6 Å². The van der Waals surface area contributed by atoms with Crippen LogP contribution in [0.2, 0.25) is 0 Å². The van der Waals surface area contributed by atoms with Gasteiger partial charge in [-0.05, 0) is 37.6 Å². The van der Waals surface area contributed by atoms with Crippen molar-refractivity contribution in [3.8, 4) is 5.69 Å². The number of aromatic nitrogens is 2. The molecule has 2 aromatic carbocycles. The normalized spacial score (nSPS) is 12.2. The lowest BCUT2D eigenvalue weighted by atomic mass is 10.2. The minimum absolute atomic E-state index is 0.0581. The standard InChI is InChI=1S/C22H21N3O2S/c1-15-7-3-5-9-18(15)25-12-11-23-22(25)28-14-21(26)24-16(2)20-13-17-8-4-6-10-19(17)27-20/h3-13,16H,14H2,1-2H3,(H,24,26). The van der Waals surface area contributed by atoms with Crippen molar-refractivity contribution in [2.75, 3.05) is 5.75 Å². The number of amides is 1. The molecule has 1 unspecified atom stereocenters. The molecular formula is C22H21N3O2S. The minimum atomic E-state index is -0.198. The molecule has 4 aromatic rings. The number of furan rings is 1. The van der Waals surface area contributed by atoms with Crippen molar-refractivity contribution in [3.05, 3.63) is 78.3 Å². The van der Waals surface area contributed by atoms with E-state index in [0.717, 1.165) is 33.1 Å². The minimum Gasteiger partial charge on any atom is -0.459 e. The third kappa shape index (κ3) is 3.82. The molecule has 1 amide bonds. The highest BCUT2D eigenvalue weighted by Crippen LogP contribution is 2.25. The number of carbonyl (C=O) groups excluding carboxylic acids is 1. The molecule has 0 aliphatic rings. The van der Waals surface area contributed by atoms with Gasteiger partial charge >= 0.3 is 0 Å². The summed E-state index contributed by atoms with van der Waals surface area (Å²) in [7, 11) is 0. The highest BCUT2D eigenvalue weighted by Gasteiger charge is 2.15. The number of para-hydroxylation sites is 2. The highest BCUT2D eigenvalue weighted by molar-refractivity contribution is 7.99. The maximum atomic E-state index is 12.4. The lowest BCUT2D eigenvalue weighted by Crippen LogP contribution is -2.28. The Morgan fingerprint density at radius 1 is 1.21 bits per heavy atom. The summed E-state index contributed by atoms with van der Waals surface area (Å²) in [5.74, 6) is 0.978. The number of rotatable bonds is 6. The molecule has 1 N–H and O–H groups in total. The zero-order valence-corrected chi connectivity index (χ0v) is 16.6. The average molecular weight is 391 g/mol. The van der Waals surface area contributed by atoms with Crippen LogP contribution in [0.1, 0.15) is 24.3 Å². The highest BCUT2D eigenvalue weighted by atomic mass is 32.2. The fraction of sp³-hybridized carbons (Fsp3) is 0.182. The molecule has 0 saturated carbocycles.